The molecule has 1 aliphatic heterocycles. The van der Waals surface area contributed by atoms with Crippen LogP contribution in [0.1, 0.15) is 19.3 Å². The van der Waals surface area contributed by atoms with Gasteiger partial charge in [0.05, 0.1) is 13.2 Å². The SMILES string of the molecule is CP1OCCCCCO1. The molecular weight excluding hydrogens is 135 g/mol. The Morgan fingerprint density at radius 3 is 2.11 bits per heavy atom. The summed E-state index contributed by atoms with van der Waals surface area (Å²) in [4.78, 5) is 0. The maximum absolute atomic E-state index is 5.33. The van der Waals surface area contributed by atoms with Crippen LogP contribution in [0.3, 0.4) is 0 Å². The molecule has 0 aromatic heterocycles. The molecular formula is C6H13O2P. The van der Waals surface area contributed by atoms with Crippen LogP contribution in [0.5, 0.6) is 0 Å². The lowest BCUT2D eigenvalue weighted by Gasteiger charge is -2.15. The molecule has 0 radical (unpaired) electrons. The molecule has 0 atom stereocenters. The minimum Gasteiger partial charge on any atom is -0.334 e. The number of hydrogen-bond acceptors (Lipinski definition) is 2. The second-order valence-corrected chi connectivity index (χ2v) is 3.56. The van der Waals surface area contributed by atoms with E-state index in [4.69, 9.17) is 9.05 Å². The van der Waals surface area contributed by atoms with Gasteiger partial charge in [0.2, 0.25) is 0 Å². The quantitative estimate of drug-likeness (QED) is 0.490. The van der Waals surface area contributed by atoms with Crippen LogP contribution < -0.4 is 0 Å². The summed E-state index contributed by atoms with van der Waals surface area (Å²) in [5.41, 5.74) is 0. The fraction of sp³-hybridized carbons (Fsp3) is 1.00. The molecule has 0 N–H and O–H groups in total. The van der Waals surface area contributed by atoms with Gasteiger partial charge in [-0.3, -0.25) is 0 Å². The normalized spacial score (nSPS) is 25.0. The highest BCUT2D eigenvalue weighted by atomic mass is 31.2. The van der Waals surface area contributed by atoms with Gasteiger partial charge in [0, 0.05) is 6.66 Å². The molecule has 2 nitrogen and oxygen atoms in total. The van der Waals surface area contributed by atoms with Crippen molar-refractivity contribution < 1.29 is 9.05 Å². The first-order chi connectivity index (χ1) is 4.39. The first kappa shape index (κ1) is 7.46. The van der Waals surface area contributed by atoms with Crippen LogP contribution in [0, 0.1) is 0 Å². The molecule has 1 rings (SSSR count). The van der Waals surface area contributed by atoms with Crippen molar-refractivity contribution in [1.29, 1.82) is 0 Å². The van der Waals surface area contributed by atoms with Gasteiger partial charge in [-0.1, -0.05) is 0 Å². The largest absolute Gasteiger partial charge is 0.334 e. The fourth-order valence-corrected chi connectivity index (χ4v) is 1.65. The summed E-state index contributed by atoms with van der Waals surface area (Å²) in [7, 11) is -0.535. The minimum atomic E-state index is -0.535. The Labute approximate surface area is 57.5 Å². The van der Waals surface area contributed by atoms with Gasteiger partial charge in [-0.2, -0.15) is 0 Å². The zero-order valence-electron chi connectivity index (χ0n) is 5.80. The molecule has 0 aromatic rings. The van der Waals surface area contributed by atoms with Crippen LogP contribution >= 0.6 is 8.38 Å². The molecule has 1 heterocycles. The summed E-state index contributed by atoms with van der Waals surface area (Å²) in [6.07, 6.45) is 3.66. The van der Waals surface area contributed by atoms with Crippen LogP contribution in [-0.4, -0.2) is 19.9 Å². The molecule has 0 aliphatic carbocycles. The first-order valence-corrected chi connectivity index (χ1v) is 5.01. The molecule has 54 valence electrons. The molecule has 0 aromatic carbocycles. The summed E-state index contributed by atoms with van der Waals surface area (Å²) in [5, 5.41) is 0. The van der Waals surface area contributed by atoms with E-state index in [1.807, 2.05) is 6.66 Å². The Morgan fingerprint density at radius 2 is 1.56 bits per heavy atom. The van der Waals surface area contributed by atoms with E-state index < -0.39 is 8.38 Å². The Bertz CT molecular complexity index is 69.5. The van der Waals surface area contributed by atoms with Crippen molar-refractivity contribution in [3.63, 3.8) is 0 Å². The van der Waals surface area contributed by atoms with Crippen molar-refractivity contribution in [2.24, 2.45) is 0 Å². The van der Waals surface area contributed by atoms with E-state index in [-0.39, 0.29) is 0 Å². The maximum atomic E-state index is 5.33. The topological polar surface area (TPSA) is 18.5 Å². The number of rotatable bonds is 0. The van der Waals surface area contributed by atoms with Crippen molar-refractivity contribution >= 4 is 8.38 Å². The molecule has 1 aliphatic rings. The van der Waals surface area contributed by atoms with E-state index in [0.29, 0.717) is 0 Å². The monoisotopic (exact) mass is 148 g/mol. The van der Waals surface area contributed by atoms with Crippen molar-refractivity contribution in [1.82, 2.24) is 0 Å². The van der Waals surface area contributed by atoms with Gasteiger partial charge in [-0.25, -0.2) is 0 Å². The molecule has 3 heteroatoms. The van der Waals surface area contributed by atoms with Crippen LogP contribution in [0.15, 0.2) is 0 Å². The third kappa shape index (κ3) is 3.14. The summed E-state index contributed by atoms with van der Waals surface area (Å²) in [6, 6.07) is 0. The summed E-state index contributed by atoms with van der Waals surface area (Å²) in [6.45, 7) is 3.80. The molecule has 1 saturated heterocycles. The predicted molar refractivity (Wildman–Crippen MR) is 38.6 cm³/mol. The third-order valence-electron chi connectivity index (χ3n) is 1.33. The molecule has 0 unspecified atom stereocenters. The van der Waals surface area contributed by atoms with E-state index in [2.05, 4.69) is 0 Å². The summed E-state index contributed by atoms with van der Waals surface area (Å²) >= 11 is 0. The van der Waals surface area contributed by atoms with E-state index in [1.54, 1.807) is 0 Å². The fourth-order valence-electron chi connectivity index (χ4n) is 0.804. The van der Waals surface area contributed by atoms with Crippen molar-refractivity contribution in [2.45, 2.75) is 19.3 Å². The van der Waals surface area contributed by atoms with Crippen LogP contribution in [0.25, 0.3) is 0 Å². The molecule has 0 bridgehead atoms. The minimum absolute atomic E-state index is 0.535. The maximum Gasteiger partial charge on any atom is 0.167 e. The zero-order chi connectivity index (χ0) is 6.53. The van der Waals surface area contributed by atoms with Crippen molar-refractivity contribution in [2.75, 3.05) is 19.9 Å². The van der Waals surface area contributed by atoms with Crippen LogP contribution in [0.2, 0.25) is 0 Å². The molecule has 9 heavy (non-hydrogen) atoms. The first-order valence-electron chi connectivity index (χ1n) is 3.39. The highest BCUT2D eigenvalue weighted by molar-refractivity contribution is 7.46. The predicted octanol–water partition coefficient (Wildman–Crippen LogP) is 2.15. The second kappa shape index (κ2) is 4.21. The smallest absolute Gasteiger partial charge is 0.167 e. The van der Waals surface area contributed by atoms with Crippen LogP contribution in [-0.2, 0) is 9.05 Å². The van der Waals surface area contributed by atoms with E-state index >= 15 is 0 Å². The summed E-state index contributed by atoms with van der Waals surface area (Å²) in [5.74, 6) is 0. The van der Waals surface area contributed by atoms with Crippen molar-refractivity contribution in [3.8, 4) is 0 Å². The van der Waals surface area contributed by atoms with Gasteiger partial charge in [-0.05, 0) is 19.3 Å². The second-order valence-electron chi connectivity index (χ2n) is 2.17. The average molecular weight is 148 g/mol. The Hall–Kier alpha value is 0.350. The highest BCUT2D eigenvalue weighted by Crippen LogP contribution is 2.34. The van der Waals surface area contributed by atoms with E-state index in [0.717, 1.165) is 13.2 Å². The van der Waals surface area contributed by atoms with E-state index in [9.17, 15) is 0 Å². The molecule has 1 fully saturated rings. The Balaban J connectivity index is 2.12. The zero-order valence-corrected chi connectivity index (χ0v) is 6.69. The molecule has 0 saturated carbocycles. The summed E-state index contributed by atoms with van der Waals surface area (Å²) < 4.78 is 10.7. The van der Waals surface area contributed by atoms with Gasteiger partial charge >= 0.3 is 0 Å². The lowest BCUT2D eigenvalue weighted by molar-refractivity contribution is 0.220. The third-order valence-corrected chi connectivity index (χ3v) is 2.43. The van der Waals surface area contributed by atoms with Gasteiger partial charge in [0.1, 0.15) is 0 Å². The van der Waals surface area contributed by atoms with Crippen LogP contribution in [0.4, 0.5) is 0 Å². The van der Waals surface area contributed by atoms with E-state index in [1.165, 1.54) is 19.3 Å². The van der Waals surface area contributed by atoms with Gasteiger partial charge in [-0.15, -0.1) is 0 Å². The Kier molecular flexibility index (Phi) is 3.49. The van der Waals surface area contributed by atoms with Gasteiger partial charge < -0.3 is 9.05 Å². The molecule has 0 amide bonds. The number of hydrogen-bond donors (Lipinski definition) is 0. The van der Waals surface area contributed by atoms with Gasteiger partial charge in [0.25, 0.3) is 0 Å². The lowest BCUT2D eigenvalue weighted by atomic mass is 10.2. The van der Waals surface area contributed by atoms with Crippen molar-refractivity contribution in [3.05, 3.63) is 0 Å². The highest BCUT2D eigenvalue weighted by Gasteiger charge is 2.04. The standard InChI is InChI=1S/C6H13O2P/c1-9-7-5-3-2-4-6-8-9/h2-6H2,1H3. The average Bonchev–Trinajstić information content (AvgIpc) is 1.79. The lowest BCUT2D eigenvalue weighted by Crippen LogP contribution is -1.99. The Morgan fingerprint density at radius 1 is 1.00 bits per heavy atom. The molecule has 0 spiro atoms. The van der Waals surface area contributed by atoms with Gasteiger partial charge in [0.15, 0.2) is 8.38 Å².